The van der Waals surface area contributed by atoms with Crippen LogP contribution in [0.5, 0.6) is 0 Å². The number of carbonyl (C=O) groups is 1. The molecule has 0 aromatic rings. The number of nitrogens with zero attached hydrogens (tertiary/aromatic N) is 1. The standard InChI is InChI=1S/C19H40N2O/c1-6-8-10-11-13-16-19(3,15-12-9-7-2)20-18(22)14-17-21(4)5/h6-17H2,1-5H3,(H,20,22). The monoisotopic (exact) mass is 312 g/mol. The molecule has 1 atom stereocenters. The number of amides is 1. The minimum atomic E-state index is -0.00915. The molecule has 0 saturated heterocycles. The average molecular weight is 313 g/mol. The Bertz CT molecular complexity index is 279. The van der Waals surface area contributed by atoms with E-state index in [4.69, 9.17) is 0 Å². The number of hydrogen-bond donors (Lipinski definition) is 1. The molecule has 0 aliphatic carbocycles. The molecule has 0 heterocycles. The quantitative estimate of drug-likeness (QED) is 0.469. The van der Waals surface area contributed by atoms with Crippen LogP contribution >= 0.6 is 0 Å². The summed E-state index contributed by atoms with van der Waals surface area (Å²) in [5.41, 5.74) is -0.00915. The van der Waals surface area contributed by atoms with Gasteiger partial charge in [0, 0.05) is 18.5 Å². The van der Waals surface area contributed by atoms with Gasteiger partial charge < -0.3 is 10.2 Å². The molecule has 0 bridgehead atoms. The lowest BCUT2D eigenvalue weighted by molar-refractivity contribution is -0.123. The van der Waals surface area contributed by atoms with E-state index in [0.29, 0.717) is 6.42 Å². The van der Waals surface area contributed by atoms with Crippen molar-refractivity contribution in [2.75, 3.05) is 20.6 Å². The van der Waals surface area contributed by atoms with E-state index in [1.165, 1.54) is 51.4 Å². The summed E-state index contributed by atoms with van der Waals surface area (Å²) in [5.74, 6) is 0.209. The van der Waals surface area contributed by atoms with E-state index >= 15 is 0 Å². The molecule has 3 nitrogen and oxygen atoms in total. The Morgan fingerprint density at radius 1 is 0.909 bits per heavy atom. The first-order valence-corrected chi connectivity index (χ1v) is 9.39. The fourth-order valence-corrected chi connectivity index (χ4v) is 2.86. The summed E-state index contributed by atoms with van der Waals surface area (Å²) >= 11 is 0. The van der Waals surface area contributed by atoms with E-state index in [1.807, 2.05) is 14.1 Å². The van der Waals surface area contributed by atoms with Crippen molar-refractivity contribution in [2.24, 2.45) is 0 Å². The molecule has 0 spiro atoms. The molecule has 0 rings (SSSR count). The van der Waals surface area contributed by atoms with Crippen molar-refractivity contribution in [3.63, 3.8) is 0 Å². The maximum atomic E-state index is 12.2. The van der Waals surface area contributed by atoms with Gasteiger partial charge in [0.15, 0.2) is 0 Å². The first-order valence-electron chi connectivity index (χ1n) is 9.39. The molecule has 0 fully saturated rings. The molecule has 0 radical (unpaired) electrons. The lowest BCUT2D eigenvalue weighted by Crippen LogP contribution is -2.46. The van der Waals surface area contributed by atoms with E-state index in [9.17, 15) is 4.79 Å². The third-order valence-electron chi connectivity index (χ3n) is 4.39. The van der Waals surface area contributed by atoms with E-state index in [0.717, 1.165) is 19.4 Å². The highest BCUT2D eigenvalue weighted by molar-refractivity contribution is 5.76. The molecular formula is C19H40N2O. The number of nitrogens with one attached hydrogen (secondary N) is 1. The van der Waals surface area contributed by atoms with Gasteiger partial charge in [0.25, 0.3) is 0 Å². The summed E-state index contributed by atoms with van der Waals surface area (Å²) in [7, 11) is 4.03. The van der Waals surface area contributed by atoms with E-state index in [-0.39, 0.29) is 11.4 Å². The Balaban J connectivity index is 4.28. The zero-order valence-electron chi connectivity index (χ0n) is 15.8. The van der Waals surface area contributed by atoms with Crippen LogP contribution in [0, 0.1) is 0 Å². The topological polar surface area (TPSA) is 32.3 Å². The summed E-state index contributed by atoms with van der Waals surface area (Å²) in [6, 6.07) is 0. The fourth-order valence-electron chi connectivity index (χ4n) is 2.86. The summed E-state index contributed by atoms with van der Waals surface area (Å²) in [5, 5.41) is 3.33. The molecule has 1 amide bonds. The highest BCUT2D eigenvalue weighted by Crippen LogP contribution is 2.22. The normalized spacial score (nSPS) is 14.1. The Morgan fingerprint density at radius 2 is 1.41 bits per heavy atom. The summed E-state index contributed by atoms with van der Waals surface area (Å²) in [6.45, 7) is 7.56. The zero-order valence-corrected chi connectivity index (χ0v) is 15.8. The Hall–Kier alpha value is -0.570. The summed E-state index contributed by atoms with van der Waals surface area (Å²) < 4.78 is 0. The first kappa shape index (κ1) is 21.4. The Morgan fingerprint density at radius 3 is 1.95 bits per heavy atom. The van der Waals surface area contributed by atoms with Crippen LogP contribution < -0.4 is 5.32 Å². The molecule has 0 aromatic heterocycles. The zero-order chi connectivity index (χ0) is 16.8. The second-order valence-corrected chi connectivity index (χ2v) is 7.28. The van der Waals surface area contributed by atoms with Crippen molar-refractivity contribution < 1.29 is 4.79 Å². The highest BCUT2D eigenvalue weighted by Gasteiger charge is 2.25. The van der Waals surface area contributed by atoms with Gasteiger partial charge in [0.05, 0.1) is 0 Å². The largest absolute Gasteiger partial charge is 0.351 e. The average Bonchev–Trinajstić information content (AvgIpc) is 2.45. The molecule has 1 unspecified atom stereocenters. The van der Waals surface area contributed by atoms with Crippen molar-refractivity contribution in [2.45, 2.75) is 96.9 Å². The van der Waals surface area contributed by atoms with Crippen molar-refractivity contribution in [3.05, 3.63) is 0 Å². The van der Waals surface area contributed by atoms with E-state index < -0.39 is 0 Å². The van der Waals surface area contributed by atoms with Crippen LogP contribution in [0.4, 0.5) is 0 Å². The van der Waals surface area contributed by atoms with Gasteiger partial charge in [-0.15, -0.1) is 0 Å². The van der Waals surface area contributed by atoms with Gasteiger partial charge >= 0.3 is 0 Å². The molecule has 0 aliphatic rings. The van der Waals surface area contributed by atoms with Crippen LogP contribution in [0.15, 0.2) is 0 Å². The van der Waals surface area contributed by atoms with Gasteiger partial charge in [-0.05, 0) is 33.9 Å². The van der Waals surface area contributed by atoms with Gasteiger partial charge in [0.1, 0.15) is 0 Å². The lowest BCUT2D eigenvalue weighted by atomic mass is 9.88. The number of hydrogen-bond acceptors (Lipinski definition) is 2. The maximum Gasteiger partial charge on any atom is 0.221 e. The lowest BCUT2D eigenvalue weighted by Gasteiger charge is -2.31. The van der Waals surface area contributed by atoms with Crippen LogP contribution in [-0.2, 0) is 4.79 Å². The fraction of sp³-hybridized carbons (Fsp3) is 0.947. The van der Waals surface area contributed by atoms with Gasteiger partial charge in [-0.25, -0.2) is 0 Å². The molecule has 0 saturated carbocycles. The molecule has 1 N–H and O–H groups in total. The highest BCUT2D eigenvalue weighted by atomic mass is 16.1. The molecule has 3 heteroatoms. The van der Waals surface area contributed by atoms with Gasteiger partial charge in [-0.2, -0.15) is 0 Å². The number of carbonyl (C=O) groups excluding carboxylic acids is 1. The SMILES string of the molecule is CCCCCCCC(C)(CCCCC)NC(=O)CCN(C)C. The van der Waals surface area contributed by atoms with Crippen molar-refractivity contribution >= 4 is 5.91 Å². The van der Waals surface area contributed by atoms with Gasteiger partial charge in [-0.1, -0.05) is 65.2 Å². The van der Waals surface area contributed by atoms with Crippen molar-refractivity contribution in [3.8, 4) is 0 Å². The molecule has 0 aromatic carbocycles. The van der Waals surface area contributed by atoms with Crippen LogP contribution in [0.2, 0.25) is 0 Å². The number of rotatable bonds is 14. The predicted molar refractivity (Wildman–Crippen MR) is 97.2 cm³/mol. The number of unbranched alkanes of at least 4 members (excludes halogenated alkanes) is 6. The van der Waals surface area contributed by atoms with E-state index in [2.05, 4.69) is 31.0 Å². The third kappa shape index (κ3) is 12.0. The van der Waals surface area contributed by atoms with Crippen LogP contribution in [0.3, 0.4) is 0 Å². The minimum absolute atomic E-state index is 0.00915. The second kappa shape index (κ2) is 12.9. The smallest absolute Gasteiger partial charge is 0.221 e. The summed E-state index contributed by atoms with van der Waals surface area (Å²) in [6.07, 6.45) is 13.0. The van der Waals surface area contributed by atoms with Crippen LogP contribution in [-0.4, -0.2) is 37.0 Å². The Labute approximate surface area is 139 Å². The minimum Gasteiger partial charge on any atom is -0.351 e. The van der Waals surface area contributed by atoms with Crippen molar-refractivity contribution in [1.82, 2.24) is 10.2 Å². The molecular weight excluding hydrogens is 272 g/mol. The molecule has 0 aliphatic heterocycles. The summed E-state index contributed by atoms with van der Waals surface area (Å²) in [4.78, 5) is 14.3. The van der Waals surface area contributed by atoms with Gasteiger partial charge in [0.2, 0.25) is 5.91 Å². The first-order chi connectivity index (χ1) is 10.4. The maximum absolute atomic E-state index is 12.2. The molecule has 22 heavy (non-hydrogen) atoms. The predicted octanol–water partition coefficient (Wildman–Crippen LogP) is 4.75. The van der Waals surface area contributed by atoms with E-state index in [1.54, 1.807) is 0 Å². The third-order valence-corrected chi connectivity index (χ3v) is 4.39. The Kier molecular flexibility index (Phi) is 12.6. The molecule has 132 valence electrons. The van der Waals surface area contributed by atoms with Gasteiger partial charge in [-0.3, -0.25) is 4.79 Å². The van der Waals surface area contributed by atoms with Crippen LogP contribution in [0.1, 0.15) is 91.4 Å². The van der Waals surface area contributed by atoms with Crippen LogP contribution in [0.25, 0.3) is 0 Å². The van der Waals surface area contributed by atoms with Crippen molar-refractivity contribution in [1.29, 1.82) is 0 Å². The second-order valence-electron chi connectivity index (χ2n) is 7.28.